The Morgan fingerprint density at radius 2 is 1.08 bits per heavy atom. The van der Waals surface area contributed by atoms with E-state index in [4.69, 9.17) is 10.6 Å². The highest BCUT2D eigenvalue weighted by atomic mass is 32.2. The van der Waals surface area contributed by atoms with Gasteiger partial charge in [0.25, 0.3) is 0 Å². The topological polar surface area (TPSA) is 78.6 Å². The van der Waals surface area contributed by atoms with Crippen molar-refractivity contribution in [2.75, 3.05) is 0 Å². The summed E-state index contributed by atoms with van der Waals surface area (Å²) in [6.07, 6.45) is 0. The summed E-state index contributed by atoms with van der Waals surface area (Å²) < 4.78 is 30.7. The lowest BCUT2D eigenvalue weighted by Crippen LogP contribution is -2.01. The van der Waals surface area contributed by atoms with Gasteiger partial charge in [-0.3, -0.25) is 0 Å². The highest BCUT2D eigenvalue weighted by molar-refractivity contribution is 7.91. The molecule has 24 heavy (non-hydrogen) atoms. The summed E-state index contributed by atoms with van der Waals surface area (Å²) in [7, 11) is -3.52. The maximum Gasteiger partial charge on any atom is 0.206 e. The van der Waals surface area contributed by atoms with Gasteiger partial charge < -0.3 is 9.57 Å². The minimum absolute atomic E-state index is 0.216. The van der Waals surface area contributed by atoms with E-state index < -0.39 is 9.84 Å². The molecule has 0 heterocycles. The fourth-order valence-corrected chi connectivity index (χ4v) is 3.43. The monoisotopic (exact) mass is 341 g/mol. The van der Waals surface area contributed by atoms with Crippen molar-refractivity contribution in [1.82, 2.24) is 0 Å². The molecule has 2 N–H and O–H groups in total. The zero-order valence-electron chi connectivity index (χ0n) is 12.6. The van der Waals surface area contributed by atoms with Crippen LogP contribution in [-0.2, 0) is 9.84 Å². The molecule has 6 heteroatoms. The SMILES string of the molecule is NOc1ccc(Oc2ccc(S(=O)(=O)c3ccccc3)cc2)cc1. The summed E-state index contributed by atoms with van der Waals surface area (Å²) in [5.41, 5.74) is 0. The number of benzene rings is 3. The van der Waals surface area contributed by atoms with Crippen LogP contribution < -0.4 is 15.5 Å². The zero-order valence-corrected chi connectivity index (χ0v) is 13.4. The number of hydrogen-bond acceptors (Lipinski definition) is 5. The Bertz CT molecular complexity index is 905. The van der Waals surface area contributed by atoms with E-state index in [9.17, 15) is 8.42 Å². The molecule has 3 aromatic carbocycles. The van der Waals surface area contributed by atoms with Crippen LogP contribution in [0.1, 0.15) is 0 Å². The fourth-order valence-electron chi connectivity index (χ4n) is 2.14. The van der Waals surface area contributed by atoms with E-state index in [0.29, 0.717) is 17.2 Å². The number of sulfone groups is 1. The quantitative estimate of drug-likeness (QED) is 0.718. The van der Waals surface area contributed by atoms with Gasteiger partial charge in [-0.1, -0.05) is 18.2 Å². The summed E-state index contributed by atoms with van der Waals surface area (Å²) in [4.78, 5) is 5.07. The molecule has 5 nitrogen and oxygen atoms in total. The van der Waals surface area contributed by atoms with Crippen molar-refractivity contribution in [3.63, 3.8) is 0 Å². The first-order valence-corrected chi connectivity index (χ1v) is 8.63. The van der Waals surface area contributed by atoms with Crippen LogP contribution >= 0.6 is 0 Å². The van der Waals surface area contributed by atoms with Crippen LogP contribution in [0.5, 0.6) is 17.2 Å². The van der Waals surface area contributed by atoms with Gasteiger partial charge in [-0.05, 0) is 60.7 Å². The number of hydrogen-bond donors (Lipinski definition) is 1. The highest BCUT2D eigenvalue weighted by Crippen LogP contribution is 2.26. The van der Waals surface area contributed by atoms with E-state index in [1.165, 1.54) is 12.1 Å². The Morgan fingerprint density at radius 1 is 0.625 bits per heavy atom. The van der Waals surface area contributed by atoms with Crippen molar-refractivity contribution < 1.29 is 18.0 Å². The van der Waals surface area contributed by atoms with Crippen molar-refractivity contribution >= 4 is 9.84 Å². The molecule has 0 atom stereocenters. The molecule has 0 saturated heterocycles. The molecule has 122 valence electrons. The van der Waals surface area contributed by atoms with Crippen molar-refractivity contribution in [2.24, 2.45) is 5.90 Å². The van der Waals surface area contributed by atoms with E-state index in [1.54, 1.807) is 66.7 Å². The fraction of sp³-hybridized carbons (Fsp3) is 0. The minimum atomic E-state index is -3.52. The van der Waals surface area contributed by atoms with E-state index in [-0.39, 0.29) is 9.79 Å². The largest absolute Gasteiger partial charge is 0.457 e. The van der Waals surface area contributed by atoms with Crippen molar-refractivity contribution in [3.8, 4) is 17.2 Å². The molecule has 0 radical (unpaired) electrons. The molecule has 0 aliphatic heterocycles. The average Bonchev–Trinajstić information content (AvgIpc) is 2.63. The van der Waals surface area contributed by atoms with Crippen molar-refractivity contribution in [3.05, 3.63) is 78.9 Å². The lowest BCUT2D eigenvalue weighted by molar-refractivity contribution is 0.334. The third kappa shape index (κ3) is 3.40. The molecule has 0 fully saturated rings. The van der Waals surface area contributed by atoms with E-state index in [1.807, 2.05) is 0 Å². The second-order valence-corrected chi connectivity index (χ2v) is 6.93. The predicted molar refractivity (Wildman–Crippen MR) is 89.7 cm³/mol. The van der Waals surface area contributed by atoms with Crippen LogP contribution in [0.15, 0.2) is 88.7 Å². The van der Waals surface area contributed by atoms with Crippen molar-refractivity contribution in [2.45, 2.75) is 9.79 Å². The molecular weight excluding hydrogens is 326 g/mol. The first-order chi connectivity index (χ1) is 11.6. The van der Waals surface area contributed by atoms with Crippen LogP contribution in [0.3, 0.4) is 0 Å². The minimum Gasteiger partial charge on any atom is -0.457 e. The molecule has 0 spiro atoms. The van der Waals surface area contributed by atoms with Gasteiger partial charge in [-0.2, -0.15) is 5.90 Å². The van der Waals surface area contributed by atoms with E-state index in [0.717, 1.165) is 0 Å². The molecule has 0 saturated carbocycles. The predicted octanol–water partition coefficient (Wildman–Crippen LogP) is 3.56. The van der Waals surface area contributed by atoms with Gasteiger partial charge in [0.2, 0.25) is 9.84 Å². The van der Waals surface area contributed by atoms with Gasteiger partial charge in [0.15, 0.2) is 0 Å². The summed E-state index contributed by atoms with van der Waals surface area (Å²) in [5, 5.41) is 0. The summed E-state index contributed by atoms with van der Waals surface area (Å²) in [6.45, 7) is 0. The maximum absolute atomic E-state index is 12.5. The number of nitrogens with two attached hydrogens (primary N) is 1. The van der Waals surface area contributed by atoms with Crippen LogP contribution in [0.25, 0.3) is 0 Å². The van der Waals surface area contributed by atoms with Crippen LogP contribution in [0, 0.1) is 0 Å². The molecule has 3 rings (SSSR count). The molecule has 0 aromatic heterocycles. The standard InChI is InChI=1S/C18H15NO4S/c19-23-16-8-6-14(7-9-16)22-15-10-12-18(13-11-15)24(20,21)17-4-2-1-3-5-17/h1-13H,19H2. The molecule has 0 amide bonds. The van der Waals surface area contributed by atoms with Crippen LogP contribution in [-0.4, -0.2) is 8.42 Å². The van der Waals surface area contributed by atoms with E-state index in [2.05, 4.69) is 4.84 Å². The second kappa shape index (κ2) is 6.74. The Balaban J connectivity index is 1.80. The Morgan fingerprint density at radius 3 is 1.62 bits per heavy atom. The molecule has 0 aliphatic carbocycles. The number of rotatable bonds is 5. The van der Waals surface area contributed by atoms with Crippen LogP contribution in [0.2, 0.25) is 0 Å². The summed E-state index contributed by atoms with van der Waals surface area (Å²) in [5.74, 6) is 6.70. The summed E-state index contributed by atoms with van der Waals surface area (Å²) in [6, 6.07) is 21.3. The average molecular weight is 341 g/mol. The second-order valence-electron chi connectivity index (χ2n) is 4.98. The van der Waals surface area contributed by atoms with Crippen LogP contribution in [0.4, 0.5) is 0 Å². The summed E-state index contributed by atoms with van der Waals surface area (Å²) >= 11 is 0. The lowest BCUT2D eigenvalue weighted by atomic mass is 10.3. The lowest BCUT2D eigenvalue weighted by Gasteiger charge is -2.08. The van der Waals surface area contributed by atoms with Gasteiger partial charge in [0.1, 0.15) is 17.2 Å². The first kappa shape index (κ1) is 16.0. The Labute approximate surface area is 140 Å². The highest BCUT2D eigenvalue weighted by Gasteiger charge is 2.16. The van der Waals surface area contributed by atoms with Gasteiger partial charge >= 0.3 is 0 Å². The third-order valence-electron chi connectivity index (χ3n) is 3.38. The molecule has 0 aliphatic rings. The van der Waals surface area contributed by atoms with Gasteiger partial charge in [-0.25, -0.2) is 8.42 Å². The Hall–Kier alpha value is -2.83. The molecule has 3 aromatic rings. The normalized spacial score (nSPS) is 11.0. The van der Waals surface area contributed by atoms with Gasteiger partial charge in [-0.15, -0.1) is 0 Å². The first-order valence-electron chi connectivity index (χ1n) is 7.14. The van der Waals surface area contributed by atoms with Gasteiger partial charge in [0.05, 0.1) is 9.79 Å². The molecule has 0 bridgehead atoms. The third-order valence-corrected chi connectivity index (χ3v) is 5.17. The van der Waals surface area contributed by atoms with Gasteiger partial charge in [0, 0.05) is 0 Å². The Kier molecular flexibility index (Phi) is 4.50. The van der Waals surface area contributed by atoms with Crippen molar-refractivity contribution in [1.29, 1.82) is 0 Å². The molecule has 0 unspecified atom stereocenters. The molecular formula is C18H15NO4S. The number of ether oxygens (including phenoxy) is 1. The van der Waals surface area contributed by atoms with E-state index >= 15 is 0 Å². The smallest absolute Gasteiger partial charge is 0.206 e. The zero-order chi connectivity index (χ0) is 17.0. The maximum atomic E-state index is 12.5.